The second-order valence-corrected chi connectivity index (χ2v) is 8.58. The molecule has 2 aromatic carbocycles. The molecule has 6 heteroatoms. The van der Waals surface area contributed by atoms with Gasteiger partial charge in [0.2, 0.25) is 5.91 Å². The SMILES string of the molecule is Cc1n[nH]c2ccc(-c3ccc(C[C@@H](C#N)NC(=O)[C@H]4N[C@@H]5CC[C@H]4C5)cc3)cc12. The van der Waals surface area contributed by atoms with Crippen molar-refractivity contribution in [3.05, 3.63) is 53.7 Å². The van der Waals surface area contributed by atoms with Crippen LogP contribution >= 0.6 is 0 Å². The van der Waals surface area contributed by atoms with Gasteiger partial charge in [0.15, 0.2) is 0 Å². The second-order valence-electron chi connectivity index (χ2n) is 8.58. The molecule has 3 aromatic rings. The fraction of sp³-hybridized carbons (Fsp3) is 0.375. The van der Waals surface area contributed by atoms with Crippen molar-refractivity contribution in [1.82, 2.24) is 20.8 Å². The summed E-state index contributed by atoms with van der Waals surface area (Å²) >= 11 is 0. The normalized spacial score (nSPS) is 23.4. The van der Waals surface area contributed by atoms with E-state index in [1.165, 1.54) is 0 Å². The van der Waals surface area contributed by atoms with Crippen LogP contribution in [0.15, 0.2) is 42.5 Å². The van der Waals surface area contributed by atoms with Gasteiger partial charge in [0.1, 0.15) is 6.04 Å². The van der Waals surface area contributed by atoms with Gasteiger partial charge in [-0.3, -0.25) is 9.89 Å². The molecule has 0 spiro atoms. The average molecular weight is 399 g/mol. The van der Waals surface area contributed by atoms with Crippen LogP contribution in [0, 0.1) is 24.2 Å². The maximum atomic E-state index is 12.6. The van der Waals surface area contributed by atoms with Gasteiger partial charge in [-0.1, -0.05) is 30.3 Å². The molecule has 3 N–H and O–H groups in total. The van der Waals surface area contributed by atoms with Crippen LogP contribution in [0.1, 0.15) is 30.5 Å². The molecule has 6 nitrogen and oxygen atoms in total. The minimum atomic E-state index is -0.519. The van der Waals surface area contributed by atoms with Gasteiger partial charge in [-0.05, 0) is 60.9 Å². The summed E-state index contributed by atoms with van der Waals surface area (Å²) in [4.78, 5) is 12.6. The third-order valence-electron chi connectivity index (χ3n) is 6.60. The first-order valence-electron chi connectivity index (χ1n) is 10.6. The topological polar surface area (TPSA) is 93.6 Å². The lowest BCUT2D eigenvalue weighted by Crippen LogP contribution is -2.50. The molecule has 2 bridgehead atoms. The van der Waals surface area contributed by atoms with Crippen molar-refractivity contribution in [2.75, 3.05) is 0 Å². The Labute approximate surface area is 175 Å². The van der Waals surface area contributed by atoms with E-state index in [0.717, 1.165) is 52.5 Å². The van der Waals surface area contributed by atoms with Crippen molar-refractivity contribution in [2.24, 2.45) is 5.92 Å². The number of hydrogen-bond donors (Lipinski definition) is 3. The second kappa shape index (κ2) is 7.58. The molecule has 4 atom stereocenters. The van der Waals surface area contributed by atoms with Gasteiger partial charge in [0.05, 0.1) is 23.3 Å². The molecule has 0 unspecified atom stereocenters. The number of H-pyrrole nitrogens is 1. The van der Waals surface area contributed by atoms with Crippen LogP contribution in [0.4, 0.5) is 0 Å². The van der Waals surface area contributed by atoms with E-state index < -0.39 is 6.04 Å². The van der Waals surface area contributed by atoms with Crippen molar-refractivity contribution in [2.45, 2.75) is 50.7 Å². The van der Waals surface area contributed by atoms with Crippen LogP contribution in [-0.4, -0.2) is 34.2 Å². The highest BCUT2D eigenvalue weighted by atomic mass is 16.2. The number of benzene rings is 2. The number of rotatable bonds is 5. The third kappa shape index (κ3) is 3.46. The zero-order valence-corrected chi connectivity index (χ0v) is 17.0. The number of nitrogens with zero attached hydrogens (tertiary/aromatic N) is 2. The molecular formula is C24H25N5O. The number of piperidine rings is 1. The molecule has 1 aliphatic carbocycles. The molecule has 1 saturated heterocycles. The number of hydrogen-bond acceptors (Lipinski definition) is 4. The molecule has 1 amide bonds. The van der Waals surface area contributed by atoms with Crippen LogP contribution in [0.5, 0.6) is 0 Å². The number of carbonyl (C=O) groups is 1. The van der Waals surface area contributed by atoms with Gasteiger partial charge in [-0.25, -0.2) is 0 Å². The Morgan fingerprint density at radius 3 is 2.73 bits per heavy atom. The van der Waals surface area contributed by atoms with Gasteiger partial charge >= 0.3 is 0 Å². The average Bonchev–Trinajstić information content (AvgIpc) is 3.50. The standard InChI is InChI=1S/C24H25N5O/c1-14-21-12-17(7-9-22(21)29-28-14)16-4-2-15(3-5-16)10-20(13-25)27-24(30)23-18-6-8-19(11-18)26-23/h2-5,7,9,12,18-20,23,26H,6,8,10-11H2,1H3,(H,27,30)(H,28,29)/t18-,19+,20-,23-/m0/s1. The predicted molar refractivity (Wildman–Crippen MR) is 116 cm³/mol. The van der Waals surface area contributed by atoms with E-state index in [2.05, 4.69) is 51.2 Å². The van der Waals surface area contributed by atoms with E-state index in [-0.39, 0.29) is 11.9 Å². The Morgan fingerprint density at radius 1 is 1.23 bits per heavy atom. The highest BCUT2D eigenvalue weighted by Crippen LogP contribution is 2.35. The van der Waals surface area contributed by atoms with Gasteiger partial charge in [-0.2, -0.15) is 10.4 Å². The fourth-order valence-corrected chi connectivity index (χ4v) is 4.93. The molecule has 2 aliphatic rings. The van der Waals surface area contributed by atoms with Crippen molar-refractivity contribution >= 4 is 16.8 Å². The summed E-state index contributed by atoms with van der Waals surface area (Å²) in [6.07, 6.45) is 3.86. The Hall–Kier alpha value is -3.17. The minimum Gasteiger partial charge on any atom is -0.339 e. The summed E-state index contributed by atoms with van der Waals surface area (Å²) in [6, 6.07) is 16.5. The number of aryl methyl sites for hydroxylation is 1. The van der Waals surface area contributed by atoms with Crippen LogP contribution < -0.4 is 10.6 Å². The summed E-state index contributed by atoms with van der Waals surface area (Å²) in [7, 11) is 0. The zero-order valence-electron chi connectivity index (χ0n) is 17.0. The van der Waals surface area contributed by atoms with E-state index >= 15 is 0 Å². The van der Waals surface area contributed by atoms with Crippen molar-refractivity contribution in [3.63, 3.8) is 0 Å². The van der Waals surface area contributed by atoms with E-state index in [9.17, 15) is 10.1 Å². The maximum absolute atomic E-state index is 12.6. The molecule has 2 heterocycles. The summed E-state index contributed by atoms with van der Waals surface area (Å²) < 4.78 is 0. The lowest BCUT2D eigenvalue weighted by molar-refractivity contribution is -0.124. The highest BCUT2D eigenvalue weighted by Gasteiger charge is 2.43. The van der Waals surface area contributed by atoms with Crippen molar-refractivity contribution < 1.29 is 4.79 Å². The summed E-state index contributed by atoms with van der Waals surface area (Å²) in [5.74, 6) is 0.388. The van der Waals surface area contributed by atoms with Gasteiger partial charge in [0.25, 0.3) is 0 Å². The maximum Gasteiger partial charge on any atom is 0.238 e. The fourth-order valence-electron chi connectivity index (χ4n) is 4.93. The van der Waals surface area contributed by atoms with Crippen molar-refractivity contribution in [3.8, 4) is 17.2 Å². The number of nitriles is 1. The lowest BCUT2D eigenvalue weighted by Gasteiger charge is -2.23. The summed E-state index contributed by atoms with van der Waals surface area (Å²) in [6.45, 7) is 1.99. The molecular weight excluding hydrogens is 374 g/mol. The molecule has 1 saturated carbocycles. The first kappa shape index (κ1) is 18.8. The van der Waals surface area contributed by atoms with Crippen LogP contribution in [-0.2, 0) is 11.2 Å². The monoisotopic (exact) mass is 399 g/mol. The predicted octanol–water partition coefficient (Wildman–Crippen LogP) is 3.23. The van der Waals surface area contributed by atoms with Crippen LogP contribution in [0.2, 0.25) is 0 Å². The number of aromatic amines is 1. The summed E-state index contributed by atoms with van der Waals surface area (Å²) in [5.41, 5.74) is 5.30. The van der Waals surface area contributed by atoms with Gasteiger partial charge in [-0.15, -0.1) is 0 Å². The van der Waals surface area contributed by atoms with Crippen LogP contribution in [0.25, 0.3) is 22.0 Å². The first-order chi connectivity index (χ1) is 14.6. The molecule has 1 aromatic heterocycles. The zero-order chi connectivity index (χ0) is 20.7. The van der Waals surface area contributed by atoms with E-state index in [4.69, 9.17) is 0 Å². The van der Waals surface area contributed by atoms with Crippen molar-refractivity contribution in [1.29, 1.82) is 5.26 Å². The summed E-state index contributed by atoms with van der Waals surface area (Å²) in [5, 5.41) is 24.3. The molecule has 2 fully saturated rings. The Kier molecular flexibility index (Phi) is 4.76. The first-order valence-corrected chi connectivity index (χ1v) is 10.6. The quantitative estimate of drug-likeness (QED) is 0.614. The van der Waals surface area contributed by atoms with E-state index in [1.807, 2.05) is 25.1 Å². The van der Waals surface area contributed by atoms with E-state index in [0.29, 0.717) is 18.4 Å². The smallest absolute Gasteiger partial charge is 0.238 e. The van der Waals surface area contributed by atoms with E-state index in [1.54, 1.807) is 0 Å². The molecule has 1 aliphatic heterocycles. The lowest BCUT2D eigenvalue weighted by atomic mass is 9.98. The largest absolute Gasteiger partial charge is 0.339 e. The Bertz CT molecular complexity index is 1130. The third-order valence-corrected chi connectivity index (χ3v) is 6.60. The molecule has 0 radical (unpaired) electrons. The van der Waals surface area contributed by atoms with Gasteiger partial charge < -0.3 is 10.6 Å². The minimum absolute atomic E-state index is 0.0332. The molecule has 30 heavy (non-hydrogen) atoms. The number of aromatic nitrogens is 2. The molecule has 5 rings (SSSR count). The van der Waals surface area contributed by atoms with Crippen LogP contribution in [0.3, 0.4) is 0 Å². The number of fused-ring (bicyclic) bond motifs is 3. The Morgan fingerprint density at radius 2 is 2.03 bits per heavy atom. The number of nitrogens with one attached hydrogen (secondary N) is 3. The van der Waals surface area contributed by atoms with Gasteiger partial charge in [0, 0.05) is 17.8 Å². The molecule has 152 valence electrons. The number of amides is 1. The Balaban J connectivity index is 1.26. The number of carbonyl (C=O) groups excluding carboxylic acids is 1. The highest BCUT2D eigenvalue weighted by molar-refractivity contribution is 5.86.